The first kappa shape index (κ1) is 20.0. The van der Waals surface area contributed by atoms with Crippen LogP contribution in [0.5, 0.6) is 0 Å². The molecule has 3 rings (SSSR count). The number of hydrogen-bond acceptors (Lipinski definition) is 5. The standard InChI is InChI=1S/C21H25NO3S2/c1-3-25-21(24)18-14-10-6-5-7-13-17(14)27-20(18)22-19(23)15-11-8-9-12-16(15)26-4-2/h8-9,11-12H,3-7,10,13H2,1-2H3,(H,22,23). The molecule has 0 spiro atoms. The number of thiophene rings is 1. The Labute approximate surface area is 168 Å². The van der Waals surface area contributed by atoms with Crippen molar-refractivity contribution in [1.29, 1.82) is 0 Å². The number of amides is 1. The minimum atomic E-state index is -0.330. The molecule has 2 aromatic rings. The van der Waals surface area contributed by atoms with E-state index >= 15 is 0 Å². The number of esters is 1. The van der Waals surface area contributed by atoms with Gasteiger partial charge in [0.25, 0.3) is 5.91 Å². The van der Waals surface area contributed by atoms with Crippen molar-refractivity contribution in [2.24, 2.45) is 0 Å². The van der Waals surface area contributed by atoms with Gasteiger partial charge in [-0.25, -0.2) is 4.79 Å². The summed E-state index contributed by atoms with van der Waals surface area (Å²) in [6, 6.07) is 7.59. The molecule has 144 valence electrons. The Morgan fingerprint density at radius 3 is 2.70 bits per heavy atom. The van der Waals surface area contributed by atoms with Gasteiger partial charge in [-0.1, -0.05) is 25.5 Å². The quantitative estimate of drug-likeness (QED) is 0.390. The van der Waals surface area contributed by atoms with Crippen molar-refractivity contribution in [3.8, 4) is 0 Å². The van der Waals surface area contributed by atoms with Gasteiger partial charge in [0.05, 0.1) is 17.7 Å². The summed E-state index contributed by atoms with van der Waals surface area (Å²) in [4.78, 5) is 27.7. The molecule has 0 atom stereocenters. The maximum atomic E-state index is 13.0. The van der Waals surface area contributed by atoms with E-state index in [1.807, 2.05) is 24.3 Å². The van der Waals surface area contributed by atoms with Gasteiger partial charge in [-0.05, 0) is 56.1 Å². The molecule has 0 aliphatic heterocycles. The van der Waals surface area contributed by atoms with Crippen molar-refractivity contribution in [1.82, 2.24) is 0 Å². The van der Waals surface area contributed by atoms with Gasteiger partial charge in [-0.3, -0.25) is 4.79 Å². The van der Waals surface area contributed by atoms with E-state index in [0.717, 1.165) is 41.9 Å². The van der Waals surface area contributed by atoms with Crippen LogP contribution in [0.3, 0.4) is 0 Å². The molecule has 0 saturated heterocycles. The van der Waals surface area contributed by atoms with E-state index in [-0.39, 0.29) is 11.9 Å². The molecule has 1 heterocycles. The zero-order valence-electron chi connectivity index (χ0n) is 15.8. The molecule has 0 fully saturated rings. The van der Waals surface area contributed by atoms with E-state index < -0.39 is 0 Å². The van der Waals surface area contributed by atoms with Crippen molar-refractivity contribution in [3.63, 3.8) is 0 Å². The van der Waals surface area contributed by atoms with E-state index in [0.29, 0.717) is 22.7 Å². The molecule has 0 unspecified atom stereocenters. The van der Waals surface area contributed by atoms with Gasteiger partial charge in [0.15, 0.2) is 0 Å². The van der Waals surface area contributed by atoms with Crippen LogP contribution in [0.25, 0.3) is 0 Å². The topological polar surface area (TPSA) is 55.4 Å². The average Bonchev–Trinajstić information content (AvgIpc) is 2.83. The van der Waals surface area contributed by atoms with Crippen LogP contribution in [0, 0.1) is 0 Å². The molecule has 4 nitrogen and oxygen atoms in total. The van der Waals surface area contributed by atoms with Crippen molar-refractivity contribution in [2.75, 3.05) is 17.7 Å². The summed E-state index contributed by atoms with van der Waals surface area (Å²) in [7, 11) is 0. The number of aryl methyl sites for hydroxylation is 1. The largest absolute Gasteiger partial charge is 0.462 e. The average molecular weight is 404 g/mol. The second-order valence-electron chi connectivity index (χ2n) is 6.37. The predicted molar refractivity (Wildman–Crippen MR) is 112 cm³/mol. The van der Waals surface area contributed by atoms with E-state index in [9.17, 15) is 9.59 Å². The maximum Gasteiger partial charge on any atom is 0.341 e. The Morgan fingerprint density at radius 2 is 1.93 bits per heavy atom. The molecule has 1 N–H and O–H groups in total. The molecule has 1 aromatic heterocycles. The lowest BCUT2D eigenvalue weighted by Crippen LogP contribution is -2.16. The summed E-state index contributed by atoms with van der Waals surface area (Å²) in [5.74, 6) is 0.392. The van der Waals surface area contributed by atoms with Crippen LogP contribution in [0.2, 0.25) is 0 Å². The number of rotatable bonds is 6. The lowest BCUT2D eigenvalue weighted by atomic mass is 10.1. The highest BCUT2D eigenvalue weighted by molar-refractivity contribution is 7.99. The molecule has 1 aliphatic rings. The number of nitrogens with one attached hydrogen (secondary N) is 1. The number of ether oxygens (including phenoxy) is 1. The number of hydrogen-bond donors (Lipinski definition) is 1. The van der Waals surface area contributed by atoms with Gasteiger partial charge < -0.3 is 10.1 Å². The SMILES string of the molecule is CCOC(=O)c1c(NC(=O)c2ccccc2SCC)sc2c1CCCCC2. The number of benzene rings is 1. The molecule has 0 bridgehead atoms. The number of carbonyl (C=O) groups is 2. The van der Waals surface area contributed by atoms with Crippen LogP contribution in [0.1, 0.15) is 64.3 Å². The molecular formula is C21H25NO3S2. The second kappa shape index (κ2) is 9.42. The molecule has 0 radical (unpaired) electrons. The van der Waals surface area contributed by atoms with Gasteiger partial charge in [0, 0.05) is 9.77 Å². The molecule has 6 heteroatoms. The Kier molecular flexibility index (Phi) is 6.96. The van der Waals surface area contributed by atoms with Gasteiger partial charge in [0.1, 0.15) is 5.00 Å². The lowest BCUT2D eigenvalue weighted by molar-refractivity contribution is 0.0527. The monoisotopic (exact) mass is 403 g/mol. The highest BCUT2D eigenvalue weighted by atomic mass is 32.2. The minimum Gasteiger partial charge on any atom is -0.462 e. The molecule has 27 heavy (non-hydrogen) atoms. The third-order valence-corrected chi connectivity index (χ3v) is 6.72. The summed E-state index contributed by atoms with van der Waals surface area (Å²) in [5, 5.41) is 3.63. The number of anilines is 1. The highest BCUT2D eigenvalue weighted by Crippen LogP contribution is 2.38. The molecule has 1 amide bonds. The third kappa shape index (κ3) is 4.55. The molecule has 1 aliphatic carbocycles. The van der Waals surface area contributed by atoms with Crippen LogP contribution in [-0.4, -0.2) is 24.2 Å². The first-order chi connectivity index (χ1) is 13.2. The van der Waals surface area contributed by atoms with E-state index in [1.165, 1.54) is 22.6 Å². The van der Waals surface area contributed by atoms with Crippen LogP contribution in [0.4, 0.5) is 5.00 Å². The van der Waals surface area contributed by atoms with E-state index in [1.54, 1.807) is 18.7 Å². The summed E-state index contributed by atoms with van der Waals surface area (Å²) in [6.07, 6.45) is 5.20. The van der Waals surface area contributed by atoms with Gasteiger partial charge in [0.2, 0.25) is 0 Å². The number of fused-ring (bicyclic) bond motifs is 1. The van der Waals surface area contributed by atoms with Crippen LogP contribution < -0.4 is 5.32 Å². The highest BCUT2D eigenvalue weighted by Gasteiger charge is 2.27. The first-order valence-electron chi connectivity index (χ1n) is 9.50. The number of carbonyl (C=O) groups excluding carboxylic acids is 2. The summed E-state index contributed by atoms with van der Waals surface area (Å²) in [6.45, 7) is 4.20. The van der Waals surface area contributed by atoms with E-state index in [4.69, 9.17) is 4.74 Å². The van der Waals surface area contributed by atoms with Crippen molar-refractivity contribution < 1.29 is 14.3 Å². The fourth-order valence-electron chi connectivity index (χ4n) is 3.36. The van der Waals surface area contributed by atoms with Crippen LogP contribution in [0.15, 0.2) is 29.2 Å². The van der Waals surface area contributed by atoms with Crippen LogP contribution in [-0.2, 0) is 17.6 Å². The third-order valence-electron chi connectivity index (χ3n) is 4.56. The van der Waals surface area contributed by atoms with Gasteiger partial charge >= 0.3 is 5.97 Å². The van der Waals surface area contributed by atoms with Crippen LogP contribution >= 0.6 is 23.1 Å². The Bertz CT molecular complexity index is 829. The van der Waals surface area contributed by atoms with Gasteiger partial charge in [-0.15, -0.1) is 23.1 Å². The Morgan fingerprint density at radius 1 is 1.15 bits per heavy atom. The fourth-order valence-corrected chi connectivity index (χ4v) is 5.43. The molecule has 0 saturated carbocycles. The first-order valence-corrected chi connectivity index (χ1v) is 11.3. The molecule has 1 aromatic carbocycles. The summed E-state index contributed by atoms with van der Waals surface area (Å²) in [5.41, 5.74) is 2.28. The lowest BCUT2D eigenvalue weighted by Gasteiger charge is -2.10. The van der Waals surface area contributed by atoms with Crippen molar-refractivity contribution >= 4 is 40.0 Å². The smallest absolute Gasteiger partial charge is 0.341 e. The number of thioether (sulfide) groups is 1. The predicted octanol–water partition coefficient (Wildman–Crippen LogP) is 5.56. The maximum absolute atomic E-state index is 13.0. The van der Waals surface area contributed by atoms with E-state index in [2.05, 4.69) is 12.2 Å². The normalized spacial score (nSPS) is 13.6. The zero-order valence-corrected chi connectivity index (χ0v) is 17.4. The Balaban J connectivity index is 1.94. The van der Waals surface area contributed by atoms with Crippen molar-refractivity contribution in [2.45, 2.75) is 50.8 Å². The fraction of sp³-hybridized carbons (Fsp3) is 0.429. The van der Waals surface area contributed by atoms with Crippen molar-refractivity contribution in [3.05, 3.63) is 45.8 Å². The second-order valence-corrected chi connectivity index (χ2v) is 8.78. The summed E-state index contributed by atoms with van der Waals surface area (Å²) >= 11 is 3.17. The van der Waals surface area contributed by atoms with Gasteiger partial charge in [-0.2, -0.15) is 0 Å². The molecular weight excluding hydrogens is 378 g/mol. The Hall–Kier alpha value is -1.79. The summed E-state index contributed by atoms with van der Waals surface area (Å²) < 4.78 is 5.30. The minimum absolute atomic E-state index is 0.173. The zero-order chi connectivity index (χ0) is 19.2.